The summed E-state index contributed by atoms with van der Waals surface area (Å²) < 4.78 is 0. The lowest BCUT2D eigenvalue weighted by Crippen LogP contribution is -3.11. The van der Waals surface area contributed by atoms with Crippen LogP contribution in [0.25, 0.3) is 0 Å². The molecule has 4 bridgehead atoms. The van der Waals surface area contributed by atoms with Gasteiger partial charge in [-0.2, -0.15) is 0 Å². The molecule has 0 aromatic rings. The zero-order chi connectivity index (χ0) is 12.8. The normalized spacial score (nSPS) is 44.7. The maximum Gasteiger partial charge on any atom is 0.275 e. The van der Waals surface area contributed by atoms with Crippen LogP contribution in [-0.2, 0) is 4.79 Å². The Balaban J connectivity index is 1.36. The van der Waals surface area contributed by atoms with Crippen LogP contribution in [0.1, 0.15) is 44.9 Å². The number of hydrogen-bond acceptors (Lipinski definition) is 1. The predicted molar refractivity (Wildman–Crippen MR) is 73.8 cm³/mol. The molecule has 3 nitrogen and oxygen atoms in total. The van der Waals surface area contributed by atoms with E-state index in [0.717, 1.165) is 30.2 Å². The summed E-state index contributed by atoms with van der Waals surface area (Å²) in [6.45, 7) is 3.13. The van der Waals surface area contributed by atoms with Gasteiger partial charge in [0, 0.05) is 18.9 Å². The lowest BCUT2D eigenvalue weighted by molar-refractivity contribution is -0.879. The quantitative estimate of drug-likeness (QED) is 0.768. The zero-order valence-electron chi connectivity index (χ0n) is 11.9. The number of carbonyl (C=O) groups excluding carboxylic acids is 1. The summed E-state index contributed by atoms with van der Waals surface area (Å²) >= 11 is 0. The summed E-state index contributed by atoms with van der Waals surface area (Å²) in [4.78, 5) is 13.8. The molecule has 1 aliphatic heterocycles. The first-order valence-corrected chi connectivity index (χ1v) is 8.41. The minimum atomic E-state index is 0.328. The van der Waals surface area contributed by atoms with Crippen LogP contribution in [0, 0.1) is 23.7 Å². The smallest absolute Gasteiger partial charge is 0.275 e. The summed E-state index contributed by atoms with van der Waals surface area (Å²) in [5.74, 6) is 3.96. The van der Waals surface area contributed by atoms with Crippen molar-refractivity contribution in [2.75, 3.05) is 19.6 Å². The Morgan fingerprint density at radius 3 is 2.11 bits per heavy atom. The molecule has 5 fully saturated rings. The lowest BCUT2D eigenvalue weighted by Gasteiger charge is -2.54. The number of quaternary nitrogens is 1. The van der Waals surface area contributed by atoms with Crippen LogP contribution in [0.2, 0.25) is 0 Å². The average Bonchev–Trinajstić information content (AvgIpc) is 2.85. The van der Waals surface area contributed by atoms with Gasteiger partial charge in [-0.15, -0.1) is 0 Å². The van der Waals surface area contributed by atoms with Crippen LogP contribution < -0.4 is 10.2 Å². The first-order chi connectivity index (χ1) is 9.28. The van der Waals surface area contributed by atoms with Gasteiger partial charge in [-0.1, -0.05) is 0 Å². The number of likely N-dealkylation sites (tertiary alicyclic amines) is 1. The van der Waals surface area contributed by atoms with Crippen molar-refractivity contribution in [3.05, 3.63) is 0 Å². The van der Waals surface area contributed by atoms with E-state index in [-0.39, 0.29) is 0 Å². The number of hydrogen-bond donors (Lipinski definition) is 2. The van der Waals surface area contributed by atoms with Gasteiger partial charge in [-0.25, -0.2) is 0 Å². The van der Waals surface area contributed by atoms with Crippen molar-refractivity contribution in [3.8, 4) is 0 Å². The molecule has 0 aromatic carbocycles. The van der Waals surface area contributed by atoms with Crippen molar-refractivity contribution in [3.63, 3.8) is 0 Å². The standard InChI is InChI=1S/C16H26N2O/c19-15(10-18-3-1-2-4-18)17-16-13-6-11-5-12(8-13)9-14(16)7-11/h11-14,16H,1-10H2,(H,17,19)/p+1. The van der Waals surface area contributed by atoms with Crippen LogP contribution in [0.15, 0.2) is 0 Å². The Kier molecular flexibility index (Phi) is 3.06. The van der Waals surface area contributed by atoms with Gasteiger partial charge in [-0.05, 0) is 55.8 Å². The molecule has 0 atom stereocenters. The van der Waals surface area contributed by atoms with E-state index in [1.54, 1.807) is 0 Å². The molecule has 1 heterocycles. The highest BCUT2D eigenvalue weighted by atomic mass is 16.2. The largest absolute Gasteiger partial charge is 0.348 e. The fraction of sp³-hybridized carbons (Fsp3) is 0.938. The summed E-state index contributed by atoms with van der Waals surface area (Å²) in [5, 5.41) is 3.43. The number of amides is 1. The Bertz CT molecular complexity index is 334. The van der Waals surface area contributed by atoms with Crippen molar-refractivity contribution in [2.45, 2.75) is 51.0 Å². The highest BCUT2D eigenvalue weighted by Gasteiger charge is 2.48. The van der Waals surface area contributed by atoms with Crippen molar-refractivity contribution >= 4 is 5.91 Å². The van der Waals surface area contributed by atoms with Crippen molar-refractivity contribution in [1.82, 2.24) is 5.32 Å². The third-order valence-corrected chi connectivity index (χ3v) is 6.28. The van der Waals surface area contributed by atoms with Crippen LogP contribution in [0.5, 0.6) is 0 Å². The van der Waals surface area contributed by atoms with Gasteiger partial charge < -0.3 is 10.2 Å². The molecule has 4 aliphatic carbocycles. The molecular weight excluding hydrogens is 236 g/mol. The van der Waals surface area contributed by atoms with E-state index in [1.807, 2.05) is 0 Å². The number of carbonyl (C=O) groups is 1. The molecule has 0 spiro atoms. The van der Waals surface area contributed by atoms with Gasteiger partial charge in [-0.3, -0.25) is 4.79 Å². The molecule has 106 valence electrons. The summed E-state index contributed by atoms with van der Waals surface area (Å²) in [6.07, 6.45) is 9.69. The summed E-state index contributed by atoms with van der Waals surface area (Å²) in [7, 11) is 0. The summed E-state index contributed by atoms with van der Waals surface area (Å²) in [6, 6.07) is 0.530. The summed E-state index contributed by atoms with van der Waals surface area (Å²) in [5.41, 5.74) is 0. The maximum atomic E-state index is 12.3. The lowest BCUT2D eigenvalue weighted by atomic mass is 9.54. The Labute approximate surface area is 116 Å². The van der Waals surface area contributed by atoms with Crippen molar-refractivity contribution in [2.24, 2.45) is 23.7 Å². The van der Waals surface area contributed by atoms with Gasteiger partial charge in [0.15, 0.2) is 6.54 Å². The van der Waals surface area contributed by atoms with Crippen LogP contribution in [0.3, 0.4) is 0 Å². The second-order valence-electron chi connectivity index (χ2n) is 7.66. The molecular formula is C16H27N2O+. The van der Waals surface area contributed by atoms with Gasteiger partial charge >= 0.3 is 0 Å². The Hall–Kier alpha value is -0.570. The average molecular weight is 263 g/mol. The molecule has 5 aliphatic rings. The first-order valence-electron chi connectivity index (χ1n) is 8.41. The molecule has 0 radical (unpaired) electrons. The zero-order valence-corrected chi connectivity index (χ0v) is 11.9. The van der Waals surface area contributed by atoms with Gasteiger partial charge in [0.2, 0.25) is 0 Å². The SMILES string of the molecule is O=C(C[NH+]1CCCC1)NC1C2CC3CC(C2)CC1C3. The van der Waals surface area contributed by atoms with Gasteiger partial charge in [0.25, 0.3) is 5.91 Å². The molecule has 1 saturated heterocycles. The fourth-order valence-corrected chi connectivity index (χ4v) is 5.68. The van der Waals surface area contributed by atoms with Crippen molar-refractivity contribution < 1.29 is 9.69 Å². The maximum absolute atomic E-state index is 12.3. The topological polar surface area (TPSA) is 33.5 Å². The molecule has 2 N–H and O–H groups in total. The minimum Gasteiger partial charge on any atom is -0.348 e. The van der Waals surface area contributed by atoms with Crippen LogP contribution in [-0.4, -0.2) is 31.6 Å². The van der Waals surface area contributed by atoms with E-state index in [1.165, 1.54) is 62.9 Å². The van der Waals surface area contributed by atoms with E-state index >= 15 is 0 Å². The Morgan fingerprint density at radius 1 is 0.947 bits per heavy atom. The number of nitrogens with one attached hydrogen (secondary N) is 2. The molecule has 0 unspecified atom stereocenters. The van der Waals surface area contributed by atoms with E-state index in [9.17, 15) is 4.79 Å². The molecule has 5 rings (SSSR count). The van der Waals surface area contributed by atoms with E-state index in [4.69, 9.17) is 0 Å². The third-order valence-electron chi connectivity index (χ3n) is 6.28. The number of rotatable bonds is 3. The molecule has 0 aromatic heterocycles. The second kappa shape index (κ2) is 4.76. The highest BCUT2D eigenvalue weighted by Crippen LogP contribution is 2.53. The van der Waals surface area contributed by atoms with Crippen LogP contribution in [0.4, 0.5) is 0 Å². The van der Waals surface area contributed by atoms with Crippen LogP contribution >= 0.6 is 0 Å². The predicted octanol–water partition coefficient (Wildman–Crippen LogP) is 0.606. The highest BCUT2D eigenvalue weighted by molar-refractivity contribution is 5.77. The third kappa shape index (κ3) is 2.31. The molecule has 4 saturated carbocycles. The monoisotopic (exact) mass is 263 g/mol. The van der Waals surface area contributed by atoms with E-state index in [2.05, 4.69) is 5.32 Å². The fourth-order valence-electron chi connectivity index (χ4n) is 5.68. The van der Waals surface area contributed by atoms with E-state index in [0.29, 0.717) is 11.9 Å². The van der Waals surface area contributed by atoms with Gasteiger partial charge in [0.1, 0.15) is 0 Å². The Morgan fingerprint density at radius 2 is 1.53 bits per heavy atom. The molecule has 3 heteroatoms. The first kappa shape index (κ1) is 12.2. The minimum absolute atomic E-state index is 0.328. The van der Waals surface area contributed by atoms with Gasteiger partial charge in [0.05, 0.1) is 13.1 Å². The van der Waals surface area contributed by atoms with E-state index < -0.39 is 0 Å². The molecule has 19 heavy (non-hydrogen) atoms. The second-order valence-corrected chi connectivity index (χ2v) is 7.66. The molecule has 1 amide bonds. The van der Waals surface area contributed by atoms with Crippen molar-refractivity contribution in [1.29, 1.82) is 0 Å².